The standard InChI is InChI=1S/C19H15NO2/c21-18(22)19(10-11-19)15-8-6-13(7-9-15)16-5-1-3-14-4-2-12-20-17(14)16/h1-9,12H,10-11H2,(H,21,22). The summed E-state index contributed by atoms with van der Waals surface area (Å²) in [6.07, 6.45) is 3.26. The third-order valence-corrected chi connectivity index (χ3v) is 4.54. The Morgan fingerprint density at radius 1 is 1.00 bits per heavy atom. The van der Waals surface area contributed by atoms with Gasteiger partial charge in [0.2, 0.25) is 0 Å². The minimum Gasteiger partial charge on any atom is -0.481 e. The molecule has 0 unspecified atom stereocenters. The van der Waals surface area contributed by atoms with Crippen molar-refractivity contribution in [1.82, 2.24) is 4.98 Å². The van der Waals surface area contributed by atoms with E-state index in [4.69, 9.17) is 0 Å². The number of pyridine rings is 1. The van der Waals surface area contributed by atoms with Gasteiger partial charge in [0.1, 0.15) is 0 Å². The molecule has 2 aromatic carbocycles. The second-order valence-electron chi connectivity index (χ2n) is 5.85. The first-order chi connectivity index (χ1) is 10.7. The Kier molecular flexibility index (Phi) is 2.76. The van der Waals surface area contributed by atoms with Gasteiger partial charge in [0, 0.05) is 17.1 Å². The molecule has 0 aliphatic heterocycles. The van der Waals surface area contributed by atoms with E-state index in [0.29, 0.717) is 0 Å². The van der Waals surface area contributed by atoms with Crippen LogP contribution in [0.15, 0.2) is 60.8 Å². The molecule has 0 atom stereocenters. The molecular formula is C19H15NO2. The van der Waals surface area contributed by atoms with Crippen LogP contribution in [0.5, 0.6) is 0 Å². The molecule has 0 spiro atoms. The average molecular weight is 289 g/mol. The molecule has 22 heavy (non-hydrogen) atoms. The van der Waals surface area contributed by atoms with Gasteiger partial charge in [-0.05, 0) is 30.0 Å². The van der Waals surface area contributed by atoms with Crippen LogP contribution < -0.4 is 0 Å². The number of carbonyl (C=O) groups is 1. The first-order valence-electron chi connectivity index (χ1n) is 7.39. The van der Waals surface area contributed by atoms with Crippen LogP contribution in [-0.2, 0) is 10.2 Å². The Hall–Kier alpha value is -2.68. The quantitative estimate of drug-likeness (QED) is 0.792. The van der Waals surface area contributed by atoms with E-state index in [2.05, 4.69) is 11.1 Å². The van der Waals surface area contributed by atoms with E-state index in [1.54, 1.807) is 6.20 Å². The van der Waals surface area contributed by atoms with Crippen LogP contribution in [0.2, 0.25) is 0 Å². The minimum atomic E-state index is -0.716. The summed E-state index contributed by atoms with van der Waals surface area (Å²) in [6.45, 7) is 0. The molecule has 3 heteroatoms. The van der Waals surface area contributed by atoms with Crippen LogP contribution in [0.25, 0.3) is 22.0 Å². The van der Waals surface area contributed by atoms with Crippen LogP contribution in [0.3, 0.4) is 0 Å². The minimum absolute atomic E-state index is 0.643. The van der Waals surface area contributed by atoms with Crippen molar-refractivity contribution in [3.63, 3.8) is 0 Å². The summed E-state index contributed by atoms with van der Waals surface area (Å²) >= 11 is 0. The second kappa shape index (κ2) is 4.67. The van der Waals surface area contributed by atoms with Gasteiger partial charge in [0.25, 0.3) is 0 Å². The van der Waals surface area contributed by atoms with Crippen LogP contribution in [0, 0.1) is 0 Å². The summed E-state index contributed by atoms with van der Waals surface area (Å²) in [4.78, 5) is 15.9. The fraction of sp³-hybridized carbons (Fsp3) is 0.158. The average Bonchev–Trinajstić information content (AvgIpc) is 3.36. The van der Waals surface area contributed by atoms with E-state index in [-0.39, 0.29) is 0 Å². The van der Waals surface area contributed by atoms with E-state index in [1.807, 2.05) is 48.5 Å². The Labute approximate surface area is 128 Å². The summed E-state index contributed by atoms with van der Waals surface area (Å²) in [6, 6.07) is 18.0. The van der Waals surface area contributed by atoms with Crippen LogP contribution in [0.4, 0.5) is 0 Å². The largest absolute Gasteiger partial charge is 0.481 e. The number of carboxylic acids is 1. The zero-order chi connectivity index (χ0) is 15.2. The van der Waals surface area contributed by atoms with E-state index >= 15 is 0 Å². The van der Waals surface area contributed by atoms with E-state index < -0.39 is 11.4 Å². The zero-order valence-electron chi connectivity index (χ0n) is 12.0. The maximum absolute atomic E-state index is 11.4. The summed E-state index contributed by atoms with van der Waals surface area (Å²) in [5.74, 6) is -0.716. The molecule has 1 aliphatic carbocycles. The molecule has 0 amide bonds. The molecule has 1 N–H and O–H groups in total. The highest BCUT2D eigenvalue weighted by molar-refractivity contribution is 5.93. The molecule has 0 bridgehead atoms. The third kappa shape index (κ3) is 1.90. The van der Waals surface area contributed by atoms with Crippen molar-refractivity contribution in [3.05, 3.63) is 66.4 Å². The van der Waals surface area contributed by atoms with Gasteiger partial charge in [-0.25, -0.2) is 0 Å². The van der Waals surface area contributed by atoms with Crippen molar-refractivity contribution >= 4 is 16.9 Å². The highest BCUT2D eigenvalue weighted by Crippen LogP contribution is 2.48. The van der Waals surface area contributed by atoms with Crippen LogP contribution >= 0.6 is 0 Å². The molecule has 3 aromatic rings. The zero-order valence-corrected chi connectivity index (χ0v) is 12.0. The van der Waals surface area contributed by atoms with Gasteiger partial charge in [-0.15, -0.1) is 0 Å². The third-order valence-electron chi connectivity index (χ3n) is 4.54. The second-order valence-corrected chi connectivity index (χ2v) is 5.85. The van der Waals surface area contributed by atoms with E-state index in [9.17, 15) is 9.90 Å². The lowest BCUT2D eigenvalue weighted by atomic mass is 9.93. The Morgan fingerprint density at radius 2 is 1.73 bits per heavy atom. The van der Waals surface area contributed by atoms with Gasteiger partial charge in [-0.3, -0.25) is 9.78 Å². The summed E-state index contributed by atoms with van der Waals surface area (Å²) < 4.78 is 0. The number of rotatable bonds is 3. The van der Waals surface area contributed by atoms with Crippen molar-refractivity contribution in [3.8, 4) is 11.1 Å². The highest BCUT2D eigenvalue weighted by atomic mass is 16.4. The Bertz CT molecular complexity index is 859. The lowest BCUT2D eigenvalue weighted by Gasteiger charge is -2.11. The number of aliphatic carboxylic acids is 1. The molecule has 4 rings (SSSR count). The first kappa shape index (κ1) is 13.0. The molecule has 1 fully saturated rings. The van der Waals surface area contributed by atoms with Gasteiger partial charge >= 0.3 is 5.97 Å². The van der Waals surface area contributed by atoms with Crippen molar-refractivity contribution in [2.45, 2.75) is 18.3 Å². The van der Waals surface area contributed by atoms with Crippen molar-refractivity contribution in [2.75, 3.05) is 0 Å². The molecule has 1 aromatic heterocycles. The number of aromatic nitrogens is 1. The molecular weight excluding hydrogens is 274 g/mol. The van der Waals surface area contributed by atoms with Gasteiger partial charge in [0.05, 0.1) is 10.9 Å². The topological polar surface area (TPSA) is 50.2 Å². The van der Waals surface area contributed by atoms with E-state index in [1.165, 1.54) is 0 Å². The van der Waals surface area contributed by atoms with Gasteiger partial charge in [0.15, 0.2) is 0 Å². The normalized spacial score (nSPS) is 15.6. The fourth-order valence-corrected chi connectivity index (χ4v) is 3.06. The number of benzene rings is 2. The molecule has 1 heterocycles. The summed E-state index contributed by atoms with van der Waals surface area (Å²) in [7, 11) is 0. The SMILES string of the molecule is O=C(O)C1(c2ccc(-c3cccc4cccnc34)cc2)CC1. The summed E-state index contributed by atoms with van der Waals surface area (Å²) in [5, 5.41) is 10.5. The van der Waals surface area contributed by atoms with Crippen LogP contribution in [0.1, 0.15) is 18.4 Å². The number of carboxylic acid groups (broad SMARTS) is 1. The lowest BCUT2D eigenvalue weighted by Crippen LogP contribution is -2.19. The molecule has 0 radical (unpaired) electrons. The lowest BCUT2D eigenvalue weighted by molar-refractivity contribution is -0.140. The first-order valence-corrected chi connectivity index (χ1v) is 7.39. The molecule has 108 valence electrons. The number of nitrogens with zero attached hydrogens (tertiary/aromatic N) is 1. The number of fused-ring (bicyclic) bond motifs is 1. The molecule has 1 saturated carbocycles. The summed E-state index contributed by atoms with van der Waals surface area (Å²) in [5.41, 5.74) is 3.36. The Morgan fingerprint density at radius 3 is 2.41 bits per heavy atom. The predicted octanol–water partition coefficient (Wildman–Crippen LogP) is 4.02. The molecule has 0 saturated heterocycles. The van der Waals surface area contributed by atoms with Gasteiger partial charge in [-0.1, -0.05) is 48.5 Å². The number of hydrogen-bond acceptors (Lipinski definition) is 2. The smallest absolute Gasteiger partial charge is 0.314 e. The number of para-hydroxylation sites is 1. The maximum atomic E-state index is 11.4. The molecule has 3 nitrogen and oxygen atoms in total. The monoisotopic (exact) mass is 289 g/mol. The van der Waals surface area contributed by atoms with Crippen LogP contribution in [-0.4, -0.2) is 16.1 Å². The highest BCUT2D eigenvalue weighted by Gasteiger charge is 2.51. The van der Waals surface area contributed by atoms with Crippen molar-refractivity contribution in [2.24, 2.45) is 0 Å². The van der Waals surface area contributed by atoms with Crippen molar-refractivity contribution < 1.29 is 9.90 Å². The fourth-order valence-electron chi connectivity index (χ4n) is 3.06. The van der Waals surface area contributed by atoms with Gasteiger partial charge in [-0.2, -0.15) is 0 Å². The van der Waals surface area contributed by atoms with Crippen molar-refractivity contribution in [1.29, 1.82) is 0 Å². The maximum Gasteiger partial charge on any atom is 0.314 e. The predicted molar refractivity (Wildman–Crippen MR) is 85.7 cm³/mol. The van der Waals surface area contributed by atoms with Gasteiger partial charge < -0.3 is 5.11 Å². The Balaban J connectivity index is 1.79. The number of hydrogen-bond donors (Lipinski definition) is 1. The molecule has 1 aliphatic rings. The van der Waals surface area contributed by atoms with E-state index in [0.717, 1.165) is 40.4 Å².